The maximum Gasteiger partial charge on any atom is 0.268 e. The van der Waals surface area contributed by atoms with E-state index in [2.05, 4.69) is 16.2 Å². The van der Waals surface area contributed by atoms with E-state index in [-0.39, 0.29) is 11.8 Å². The van der Waals surface area contributed by atoms with Crippen LogP contribution in [0.2, 0.25) is 0 Å². The fourth-order valence-corrected chi connectivity index (χ4v) is 3.25. The number of hydrogen-bond donors (Lipinski definition) is 0. The molecule has 4 rings (SSSR count). The maximum absolute atomic E-state index is 9.65. The summed E-state index contributed by atoms with van der Waals surface area (Å²) in [6, 6.07) is 29.6. The predicted octanol–water partition coefficient (Wildman–Crippen LogP) is 5.32. The summed E-state index contributed by atoms with van der Waals surface area (Å²) >= 11 is 0. The quantitative estimate of drug-likeness (QED) is 0.414. The Morgan fingerprint density at radius 2 is 1.53 bits per heavy atom. The summed E-state index contributed by atoms with van der Waals surface area (Å²) in [6.45, 7) is 0. The zero-order valence-corrected chi connectivity index (χ0v) is 16.4. The number of ether oxygens (including phenoxy) is 1. The first kappa shape index (κ1) is 19.2. The van der Waals surface area contributed by atoms with Gasteiger partial charge in [-0.3, -0.25) is 0 Å². The fraction of sp³-hybridized carbons (Fsp3) is 0.0800. The van der Waals surface area contributed by atoms with Crippen molar-refractivity contribution in [1.82, 2.24) is 10.1 Å². The maximum atomic E-state index is 9.65. The first-order valence-corrected chi connectivity index (χ1v) is 9.48. The predicted molar refractivity (Wildman–Crippen MR) is 115 cm³/mol. The molecule has 0 unspecified atom stereocenters. The van der Waals surface area contributed by atoms with Crippen LogP contribution in [0.1, 0.15) is 34.3 Å². The first-order chi connectivity index (χ1) is 14.8. The molecule has 0 aliphatic rings. The van der Waals surface area contributed by atoms with Crippen LogP contribution in [0.5, 0.6) is 5.75 Å². The molecule has 0 N–H and O–H groups in total. The largest absolute Gasteiger partial charge is 0.497 e. The zero-order valence-electron chi connectivity index (χ0n) is 16.4. The number of rotatable bonds is 6. The highest BCUT2D eigenvalue weighted by molar-refractivity contribution is 5.86. The van der Waals surface area contributed by atoms with Gasteiger partial charge in [-0.2, -0.15) is 10.2 Å². The first-order valence-electron chi connectivity index (χ1n) is 9.48. The molecule has 0 aliphatic heterocycles. The summed E-state index contributed by atoms with van der Waals surface area (Å²) < 4.78 is 10.7. The van der Waals surface area contributed by atoms with Gasteiger partial charge in [0, 0.05) is 0 Å². The van der Waals surface area contributed by atoms with Crippen molar-refractivity contribution in [2.45, 2.75) is 5.92 Å². The number of allylic oxidation sites excluding steroid dienone is 1. The molecule has 0 aliphatic carbocycles. The van der Waals surface area contributed by atoms with E-state index in [1.165, 1.54) is 0 Å². The van der Waals surface area contributed by atoms with Gasteiger partial charge in [-0.1, -0.05) is 78.0 Å². The summed E-state index contributed by atoms with van der Waals surface area (Å²) in [6.07, 6.45) is 1.72. The Kier molecular flexibility index (Phi) is 5.68. The Morgan fingerprint density at radius 3 is 2.07 bits per heavy atom. The lowest BCUT2D eigenvalue weighted by Crippen LogP contribution is -2.05. The van der Waals surface area contributed by atoms with Gasteiger partial charge in [0.25, 0.3) is 5.89 Å². The molecular formula is C25H19N3O2. The van der Waals surface area contributed by atoms with Crippen LogP contribution in [-0.2, 0) is 0 Å². The van der Waals surface area contributed by atoms with Crippen molar-refractivity contribution in [3.8, 4) is 11.8 Å². The minimum Gasteiger partial charge on any atom is -0.497 e. The Balaban J connectivity index is 1.71. The van der Waals surface area contributed by atoms with Crippen molar-refractivity contribution in [2.24, 2.45) is 0 Å². The van der Waals surface area contributed by atoms with Crippen molar-refractivity contribution in [2.75, 3.05) is 7.11 Å². The third kappa shape index (κ3) is 4.13. The van der Waals surface area contributed by atoms with Gasteiger partial charge >= 0.3 is 0 Å². The molecule has 0 radical (unpaired) electrons. The molecule has 1 aromatic heterocycles. The Hall–Kier alpha value is -4.17. The van der Waals surface area contributed by atoms with E-state index >= 15 is 0 Å². The van der Waals surface area contributed by atoms with Crippen LogP contribution in [0.15, 0.2) is 89.5 Å². The number of aromatic nitrogens is 2. The molecule has 5 nitrogen and oxygen atoms in total. The SMILES string of the molecule is COc1ccc(/C=C(\C#N)c2nc(C(c3ccccc3)c3ccccc3)no2)cc1. The molecule has 30 heavy (non-hydrogen) atoms. The van der Waals surface area contributed by atoms with Crippen molar-refractivity contribution in [1.29, 1.82) is 5.26 Å². The molecule has 5 heteroatoms. The second-order valence-electron chi connectivity index (χ2n) is 6.66. The van der Waals surface area contributed by atoms with E-state index in [0.29, 0.717) is 11.4 Å². The standard InChI is InChI=1S/C25H19N3O2/c1-29-22-14-12-18(13-15-22)16-21(17-26)25-27-24(28-30-25)23(19-8-4-2-5-9-19)20-10-6-3-7-11-20/h2-16,23H,1H3/b21-16+. The van der Waals surface area contributed by atoms with Gasteiger partial charge < -0.3 is 9.26 Å². The number of nitrogens with zero attached hydrogens (tertiary/aromatic N) is 3. The molecule has 0 saturated carbocycles. The molecule has 3 aromatic carbocycles. The highest BCUT2D eigenvalue weighted by Crippen LogP contribution is 2.31. The molecule has 0 atom stereocenters. The highest BCUT2D eigenvalue weighted by atomic mass is 16.5. The van der Waals surface area contributed by atoms with Gasteiger partial charge in [0.2, 0.25) is 0 Å². The van der Waals surface area contributed by atoms with Crippen LogP contribution in [0.4, 0.5) is 0 Å². The average molecular weight is 393 g/mol. The van der Waals surface area contributed by atoms with E-state index in [0.717, 1.165) is 22.4 Å². The Morgan fingerprint density at radius 1 is 0.933 bits per heavy atom. The monoisotopic (exact) mass is 393 g/mol. The smallest absolute Gasteiger partial charge is 0.268 e. The molecule has 0 fully saturated rings. The molecular weight excluding hydrogens is 374 g/mol. The lowest BCUT2D eigenvalue weighted by atomic mass is 9.91. The van der Waals surface area contributed by atoms with Gasteiger partial charge in [0.15, 0.2) is 5.82 Å². The molecule has 4 aromatic rings. The van der Waals surface area contributed by atoms with E-state index in [1.54, 1.807) is 13.2 Å². The van der Waals surface area contributed by atoms with Crippen LogP contribution < -0.4 is 4.74 Å². The van der Waals surface area contributed by atoms with Crippen molar-refractivity contribution < 1.29 is 9.26 Å². The van der Waals surface area contributed by atoms with Crippen LogP contribution >= 0.6 is 0 Å². The summed E-state index contributed by atoms with van der Waals surface area (Å²) in [5.41, 5.74) is 3.25. The lowest BCUT2D eigenvalue weighted by Gasteiger charge is -2.14. The molecule has 0 spiro atoms. The van der Waals surface area contributed by atoms with E-state index in [1.807, 2.05) is 84.9 Å². The molecule has 146 valence electrons. The summed E-state index contributed by atoms with van der Waals surface area (Å²) in [4.78, 5) is 4.57. The van der Waals surface area contributed by atoms with E-state index < -0.39 is 0 Å². The van der Waals surface area contributed by atoms with Crippen LogP contribution in [-0.4, -0.2) is 17.3 Å². The fourth-order valence-electron chi connectivity index (χ4n) is 3.25. The van der Waals surface area contributed by atoms with Gasteiger partial charge in [-0.25, -0.2) is 0 Å². The van der Waals surface area contributed by atoms with Gasteiger partial charge in [-0.15, -0.1) is 0 Å². The zero-order chi connectivity index (χ0) is 20.8. The number of methoxy groups -OCH3 is 1. The molecule has 0 amide bonds. The van der Waals surface area contributed by atoms with Crippen molar-refractivity contribution >= 4 is 11.6 Å². The van der Waals surface area contributed by atoms with E-state index in [4.69, 9.17) is 9.26 Å². The van der Waals surface area contributed by atoms with Crippen molar-refractivity contribution in [3.05, 3.63) is 113 Å². The summed E-state index contributed by atoms with van der Waals surface area (Å²) in [7, 11) is 1.61. The lowest BCUT2D eigenvalue weighted by molar-refractivity contribution is 0.401. The van der Waals surface area contributed by atoms with Crippen LogP contribution in [0.25, 0.3) is 11.6 Å². The van der Waals surface area contributed by atoms with Gasteiger partial charge in [0.05, 0.1) is 13.0 Å². The molecule has 0 saturated heterocycles. The van der Waals surface area contributed by atoms with Crippen LogP contribution in [0.3, 0.4) is 0 Å². The third-order valence-corrected chi connectivity index (χ3v) is 4.74. The van der Waals surface area contributed by atoms with Gasteiger partial charge in [-0.05, 0) is 34.9 Å². The summed E-state index contributed by atoms with van der Waals surface area (Å²) in [5, 5.41) is 13.9. The average Bonchev–Trinajstić information content (AvgIpc) is 3.29. The number of benzene rings is 3. The highest BCUT2D eigenvalue weighted by Gasteiger charge is 2.23. The Labute approximate surface area is 174 Å². The second-order valence-corrected chi connectivity index (χ2v) is 6.66. The second kappa shape index (κ2) is 8.89. The minimum atomic E-state index is -0.189. The van der Waals surface area contributed by atoms with E-state index in [9.17, 15) is 5.26 Å². The summed E-state index contributed by atoms with van der Waals surface area (Å²) in [5.74, 6) is 1.27. The topological polar surface area (TPSA) is 71.9 Å². The van der Waals surface area contributed by atoms with Crippen LogP contribution in [0, 0.1) is 11.3 Å². The molecule has 0 bridgehead atoms. The normalized spacial score (nSPS) is 11.3. The molecule has 1 heterocycles. The number of hydrogen-bond acceptors (Lipinski definition) is 5. The van der Waals surface area contributed by atoms with Gasteiger partial charge in [0.1, 0.15) is 17.4 Å². The van der Waals surface area contributed by atoms with Crippen molar-refractivity contribution in [3.63, 3.8) is 0 Å². The minimum absolute atomic E-state index is 0.189. The Bertz CT molecular complexity index is 1140. The number of nitriles is 1. The third-order valence-electron chi connectivity index (χ3n) is 4.74.